The first kappa shape index (κ1) is 22.9. The average molecular weight is 198 g/mol. The molecule has 84 valence electrons. The van der Waals surface area contributed by atoms with Crippen molar-refractivity contribution in [1.82, 2.24) is 0 Å². The third kappa shape index (κ3) is 443. The topological polar surface area (TPSA) is 101 Å². The second kappa shape index (κ2) is 62.2. The molecule has 0 aromatic carbocycles. The standard InChI is InChI=1S/2C2H6O2.C2H6O.C2H4/c2*3-1-2-4;1-2-3;1-2/h2*3-4H,1-2H2;3H,2H2,1H3;1-2H2. The zero-order chi connectivity index (χ0) is 11.5. The maximum absolute atomic E-state index is 7.62. The van der Waals surface area contributed by atoms with Gasteiger partial charge in [0.25, 0.3) is 0 Å². The minimum Gasteiger partial charge on any atom is -0.397 e. The fourth-order valence-electron chi connectivity index (χ4n) is 0. The summed E-state index contributed by atoms with van der Waals surface area (Å²) in [7, 11) is 0. The molecule has 0 spiro atoms. The molecule has 0 aromatic heterocycles. The second-order valence-electron chi connectivity index (χ2n) is 1.21. The Kier molecular flexibility index (Phi) is 110. The summed E-state index contributed by atoms with van der Waals surface area (Å²) >= 11 is 0. The molecule has 0 rings (SSSR count). The van der Waals surface area contributed by atoms with Gasteiger partial charge in [-0.05, 0) is 6.92 Å². The maximum Gasteiger partial charge on any atom is 0.0662 e. The Balaban J connectivity index is -0.0000000431. The van der Waals surface area contributed by atoms with Crippen molar-refractivity contribution in [1.29, 1.82) is 0 Å². The Hall–Kier alpha value is -0.460. The Labute approximate surface area is 79.6 Å². The third-order valence-corrected chi connectivity index (χ3v) is 0.200. The van der Waals surface area contributed by atoms with E-state index in [0.717, 1.165) is 0 Å². The molecule has 0 aliphatic rings. The van der Waals surface area contributed by atoms with Crippen molar-refractivity contribution < 1.29 is 25.5 Å². The lowest BCUT2D eigenvalue weighted by atomic mass is 10.8. The number of hydrogen-bond acceptors (Lipinski definition) is 5. The molecule has 0 atom stereocenters. The van der Waals surface area contributed by atoms with Crippen LogP contribution in [0.1, 0.15) is 6.92 Å². The van der Waals surface area contributed by atoms with E-state index in [1.807, 2.05) is 0 Å². The molecule has 0 aliphatic carbocycles. The van der Waals surface area contributed by atoms with Crippen LogP contribution in [0.3, 0.4) is 0 Å². The van der Waals surface area contributed by atoms with Crippen molar-refractivity contribution in [2.45, 2.75) is 6.92 Å². The van der Waals surface area contributed by atoms with Crippen LogP contribution in [-0.2, 0) is 0 Å². The fraction of sp³-hybridized carbons (Fsp3) is 0.750. The van der Waals surface area contributed by atoms with Gasteiger partial charge in [-0.3, -0.25) is 0 Å². The molecule has 0 saturated carbocycles. The summed E-state index contributed by atoms with van der Waals surface area (Å²) < 4.78 is 0. The smallest absolute Gasteiger partial charge is 0.0662 e. The van der Waals surface area contributed by atoms with Crippen LogP contribution in [-0.4, -0.2) is 58.6 Å². The average Bonchev–Trinajstić information content (AvgIpc) is 2.22. The predicted molar refractivity (Wildman–Crippen MR) is 52.4 cm³/mol. The van der Waals surface area contributed by atoms with Gasteiger partial charge < -0.3 is 25.5 Å². The van der Waals surface area contributed by atoms with Gasteiger partial charge in [-0.25, -0.2) is 0 Å². The molecule has 5 N–H and O–H groups in total. The summed E-state index contributed by atoms with van der Waals surface area (Å²) in [4.78, 5) is 0. The van der Waals surface area contributed by atoms with E-state index in [-0.39, 0.29) is 33.0 Å². The van der Waals surface area contributed by atoms with E-state index in [1.165, 1.54) is 0 Å². The van der Waals surface area contributed by atoms with Gasteiger partial charge in [-0.15, -0.1) is 13.2 Å². The van der Waals surface area contributed by atoms with Crippen LogP contribution in [0.25, 0.3) is 0 Å². The lowest BCUT2D eigenvalue weighted by molar-refractivity contribution is 0.186. The molecule has 5 heteroatoms. The van der Waals surface area contributed by atoms with Gasteiger partial charge >= 0.3 is 0 Å². The van der Waals surface area contributed by atoms with Crippen molar-refractivity contribution in [3.63, 3.8) is 0 Å². The summed E-state index contributed by atoms with van der Waals surface area (Å²) in [6, 6.07) is 0. The summed E-state index contributed by atoms with van der Waals surface area (Å²) in [5.74, 6) is 0. The van der Waals surface area contributed by atoms with Gasteiger partial charge in [0.1, 0.15) is 0 Å². The summed E-state index contributed by atoms with van der Waals surface area (Å²) in [6.07, 6.45) is 0. The summed E-state index contributed by atoms with van der Waals surface area (Å²) in [5, 5.41) is 38.1. The molecule has 0 unspecified atom stereocenters. The van der Waals surface area contributed by atoms with Gasteiger partial charge in [0.15, 0.2) is 0 Å². The van der Waals surface area contributed by atoms with Gasteiger partial charge in [0, 0.05) is 6.61 Å². The number of aliphatic hydroxyl groups is 5. The van der Waals surface area contributed by atoms with E-state index >= 15 is 0 Å². The summed E-state index contributed by atoms with van der Waals surface area (Å²) in [6.45, 7) is 7.43. The van der Waals surface area contributed by atoms with E-state index in [9.17, 15) is 0 Å². The van der Waals surface area contributed by atoms with E-state index < -0.39 is 0 Å². The molecule has 0 bridgehead atoms. The number of hydrogen-bond donors (Lipinski definition) is 5. The first-order valence-corrected chi connectivity index (χ1v) is 3.79. The molecule has 0 fully saturated rings. The number of aliphatic hydroxyl groups excluding tert-OH is 5. The molecule has 0 saturated heterocycles. The summed E-state index contributed by atoms with van der Waals surface area (Å²) in [5.41, 5.74) is 0. The Morgan fingerprint density at radius 1 is 0.692 bits per heavy atom. The predicted octanol–water partition coefficient (Wildman–Crippen LogP) is -1.26. The molecular weight excluding hydrogens is 176 g/mol. The van der Waals surface area contributed by atoms with Gasteiger partial charge in [0.2, 0.25) is 0 Å². The first-order chi connectivity index (χ1) is 6.24. The van der Waals surface area contributed by atoms with Crippen LogP contribution >= 0.6 is 0 Å². The van der Waals surface area contributed by atoms with Crippen LogP contribution in [0.4, 0.5) is 0 Å². The van der Waals surface area contributed by atoms with Crippen LogP contribution < -0.4 is 0 Å². The molecule has 0 aliphatic heterocycles. The van der Waals surface area contributed by atoms with Crippen molar-refractivity contribution in [2.24, 2.45) is 0 Å². The highest BCUT2D eigenvalue weighted by atomic mass is 16.3. The zero-order valence-electron chi connectivity index (χ0n) is 8.19. The highest BCUT2D eigenvalue weighted by Gasteiger charge is 1.58. The SMILES string of the molecule is C=C.CCO.OCCO.OCCO. The monoisotopic (exact) mass is 198 g/mol. The highest BCUT2D eigenvalue weighted by molar-refractivity contribution is 4.22. The normalized spacial score (nSPS) is 6.31. The number of rotatable bonds is 2. The zero-order valence-corrected chi connectivity index (χ0v) is 8.19. The van der Waals surface area contributed by atoms with E-state index in [1.54, 1.807) is 6.92 Å². The second-order valence-corrected chi connectivity index (χ2v) is 1.21. The fourth-order valence-corrected chi connectivity index (χ4v) is 0. The van der Waals surface area contributed by atoms with Gasteiger partial charge in [-0.2, -0.15) is 0 Å². The van der Waals surface area contributed by atoms with Gasteiger partial charge in [-0.1, -0.05) is 0 Å². The quantitative estimate of drug-likeness (QED) is 0.357. The molecule has 0 aromatic rings. The third-order valence-electron chi connectivity index (χ3n) is 0.200. The van der Waals surface area contributed by atoms with E-state index in [4.69, 9.17) is 25.5 Å². The lowest BCUT2D eigenvalue weighted by Gasteiger charge is -1.70. The Morgan fingerprint density at radius 3 is 0.769 bits per heavy atom. The van der Waals surface area contributed by atoms with Crippen molar-refractivity contribution in [3.8, 4) is 0 Å². The molecule has 0 heterocycles. The minimum atomic E-state index is -0.125. The van der Waals surface area contributed by atoms with Crippen LogP contribution in [0, 0.1) is 0 Å². The van der Waals surface area contributed by atoms with Gasteiger partial charge in [0.05, 0.1) is 26.4 Å². The highest BCUT2D eigenvalue weighted by Crippen LogP contribution is 1.40. The first-order valence-electron chi connectivity index (χ1n) is 3.79. The van der Waals surface area contributed by atoms with Crippen molar-refractivity contribution >= 4 is 0 Å². The molecule has 13 heavy (non-hydrogen) atoms. The Bertz CT molecular complexity index is 35.5. The molecule has 5 nitrogen and oxygen atoms in total. The molecule has 0 amide bonds. The van der Waals surface area contributed by atoms with Crippen LogP contribution in [0.2, 0.25) is 0 Å². The lowest BCUT2D eigenvalue weighted by Crippen LogP contribution is -1.85. The van der Waals surface area contributed by atoms with E-state index in [0.29, 0.717) is 0 Å². The van der Waals surface area contributed by atoms with Crippen LogP contribution in [0.15, 0.2) is 13.2 Å². The maximum atomic E-state index is 7.62. The Morgan fingerprint density at radius 2 is 0.769 bits per heavy atom. The molecular formula is C8H22O5. The van der Waals surface area contributed by atoms with Crippen molar-refractivity contribution in [2.75, 3.05) is 33.0 Å². The van der Waals surface area contributed by atoms with Crippen LogP contribution in [0.5, 0.6) is 0 Å². The van der Waals surface area contributed by atoms with Crippen molar-refractivity contribution in [3.05, 3.63) is 13.2 Å². The minimum absolute atomic E-state index is 0.125. The molecule has 0 radical (unpaired) electrons. The largest absolute Gasteiger partial charge is 0.397 e. The van der Waals surface area contributed by atoms with E-state index in [2.05, 4.69) is 13.2 Å².